The first-order valence-electron chi connectivity index (χ1n) is 3.39. The molecule has 64 valence electrons. The molecular formula is C8H9NO3. The van der Waals surface area contributed by atoms with Crippen molar-refractivity contribution in [2.75, 3.05) is 0 Å². The molecule has 0 saturated carbocycles. The van der Waals surface area contributed by atoms with Gasteiger partial charge in [-0.05, 0) is 24.6 Å². The minimum atomic E-state index is -0.634. The fraction of sp³-hybridized carbons (Fsp3) is 0.125. The van der Waals surface area contributed by atoms with Gasteiger partial charge in [0.05, 0.1) is 0 Å². The van der Waals surface area contributed by atoms with Crippen molar-refractivity contribution >= 4 is 5.91 Å². The summed E-state index contributed by atoms with van der Waals surface area (Å²) in [5.41, 5.74) is 2.39. The first-order chi connectivity index (χ1) is 5.65. The van der Waals surface area contributed by atoms with Gasteiger partial charge in [0.2, 0.25) is 0 Å². The van der Waals surface area contributed by atoms with Gasteiger partial charge >= 0.3 is 0 Å². The summed E-state index contributed by atoms with van der Waals surface area (Å²) >= 11 is 0. The zero-order chi connectivity index (χ0) is 9.14. The molecule has 3 N–H and O–H groups in total. The van der Waals surface area contributed by atoms with E-state index in [9.17, 15) is 9.90 Å². The highest BCUT2D eigenvalue weighted by molar-refractivity contribution is 5.93. The second kappa shape index (κ2) is 3.23. The number of hydroxylamine groups is 1. The van der Waals surface area contributed by atoms with Crippen LogP contribution in [0.4, 0.5) is 0 Å². The Balaban J connectivity index is 3.05. The lowest BCUT2D eigenvalue weighted by molar-refractivity contribution is 0.0706. The van der Waals surface area contributed by atoms with Crippen LogP contribution in [-0.4, -0.2) is 16.2 Å². The molecule has 4 heteroatoms. The molecule has 0 aromatic heterocycles. The fourth-order valence-corrected chi connectivity index (χ4v) is 0.815. The quantitative estimate of drug-likeness (QED) is 0.428. The number of aromatic hydroxyl groups is 1. The van der Waals surface area contributed by atoms with Crippen molar-refractivity contribution in [3.8, 4) is 5.75 Å². The zero-order valence-electron chi connectivity index (χ0n) is 6.53. The van der Waals surface area contributed by atoms with Gasteiger partial charge in [0, 0.05) is 5.56 Å². The van der Waals surface area contributed by atoms with Crippen LogP contribution in [0, 0.1) is 6.92 Å². The largest absolute Gasteiger partial charge is 0.508 e. The van der Waals surface area contributed by atoms with Crippen LogP contribution in [-0.2, 0) is 0 Å². The van der Waals surface area contributed by atoms with E-state index in [4.69, 9.17) is 5.21 Å². The minimum absolute atomic E-state index is 0.0381. The molecule has 0 unspecified atom stereocenters. The lowest BCUT2D eigenvalue weighted by atomic mass is 10.1. The third kappa shape index (κ3) is 1.54. The number of aryl methyl sites for hydroxylation is 1. The Morgan fingerprint density at radius 2 is 2.17 bits per heavy atom. The topological polar surface area (TPSA) is 69.6 Å². The van der Waals surface area contributed by atoms with E-state index in [1.165, 1.54) is 17.6 Å². The summed E-state index contributed by atoms with van der Waals surface area (Å²) in [6.07, 6.45) is 0. The molecule has 0 spiro atoms. The average Bonchev–Trinajstić information content (AvgIpc) is 2.08. The van der Waals surface area contributed by atoms with E-state index < -0.39 is 5.91 Å². The number of nitrogens with one attached hydrogen (secondary N) is 1. The molecule has 0 aliphatic carbocycles. The van der Waals surface area contributed by atoms with Crippen LogP contribution in [0.25, 0.3) is 0 Å². The molecule has 0 aliphatic rings. The van der Waals surface area contributed by atoms with Crippen molar-refractivity contribution in [2.45, 2.75) is 6.92 Å². The van der Waals surface area contributed by atoms with Crippen LogP contribution in [0.2, 0.25) is 0 Å². The summed E-state index contributed by atoms with van der Waals surface area (Å²) in [6.45, 7) is 1.72. The third-order valence-electron chi connectivity index (χ3n) is 1.57. The Morgan fingerprint density at radius 1 is 1.50 bits per heavy atom. The van der Waals surface area contributed by atoms with Crippen LogP contribution >= 0.6 is 0 Å². The number of hydrogen-bond donors (Lipinski definition) is 3. The van der Waals surface area contributed by atoms with Gasteiger partial charge in [-0.25, -0.2) is 5.48 Å². The molecule has 4 nitrogen and oxygen atoms in total. The Bertz CT molecular complexity index is 309. The van der Waals surface area contributed by atoms with Gasteiger partial charge in [0.25, 0.3) is 5.91 Å². The first-order valence-corrected chi connectivity index (χ1v) is 3.39. The molecule has 0 atom stereocenters. The SMILES string of the molecule is Cc1ccc(C(=O)NO)cc1O. The number of carbonyl (C=O) groups is 1. The predicted molar refractivity (Wildman–Crippen MR) is 42.1 cm³/mol. The van der Waals surface area contributed by atoms with Crippen LogP contribution in [0.15, 0.2) is 18.2 Å². The molecule has 0 saturated heterocycles. The number of phenolic OH excluding ortho intramolecular Hbond substituents is 1. The Kier molecular flexibility index (Phi) is 2.30. The molecule has 1 amide bonds. The summed E-state index contributed by atoms with van der Waals surface area (Å²) in [5.74, 6) is -0.596. The van der Waals surface area contributed by atoms with Crippen molar-refractivity contribution in [1.29, 1.82) is 0 Å². The van der Waals surface area contributed by atoms with E-state index in [0.717, 1.165) is 0 Å². The predicted octanol–water partition coefficient (Wildman–Crippen LogP) is 0.820. The molecule has 0 radical (unpaired) electrons. The summed E-state index contributed by atoms with van der Waals surface area (Å²) < 4.78 is 0. The van der Waals surface area contributed by atoms with E-state index in [0.29, 0.717) is 5.56 Å². The Morgan fingerprint density at radius 3 is 2.67 bits per heavy atom. The van der Waals surface area contributed by atoms with E-state index in [1.807, 2.05) is 0 Å². The van der Waals surface area contributed by atoms with Crippen LogP contribution in [0.5, 0.6) is 5.75 Å². The summed E-state index contributed by atoms with van der Waals surface area (Å²) in [4.78, 5) is 10.8. The van der Waals surface area contributed by atoms with Crippen molar-refractivity contribution in [2.24, 2.45) is 0 Å². The highest BCUT2D eigenvalue weighted by atomic mass is 16.5. The highest BCUT2D eigenvalue weighted by Gasteiger charge is 2.05. The number of benzene rings is 1. The summed E-state index contributed by atoms with van der Waals surface area (Å²) in [5, 5.41) is 17.5. The monoisotopic (exact) mass is 167 g/mol. The third-order valence-corrected chi connectivity index (χ3v) is 1.57. The second-order valence-corrected chi connectivity index (χ2v) is 2.44. The first kappa shape index (κ1) is 8.55. The van der Waals surface area contributed by atoms with E-state index in [1.54, 1.807) is 13.0 Å². The minimum Gasteiger partial charge on any atom is -0.508 e. The van der Waals surface area contributed by atoms with Crippen LogP contribution < -0.4 is 5.48 Å². The van der Waals surface area contributed by atoms with Gasteiger partial charge in [-0.1, -0.05) is 6.07 Å². The summed E-state index contributed by atoms with van der Waals surface area (Å²) in [7, 11) is 0. The average molecular weight is 167 g/mol. The van der Waals surface area contributed by atoms with Crippen molar-refractivity contribution < 1.29 is 15.1 Å². The maximum absolute atomic E-state index is 10.8. The van der Waals surface area contributed by atoms with Gasteiger partial charge in [0.1, 0.15) is 5.75 Å². The van der Waals surface area contributed by atoms with E-state index in [-0.39, 0.29) is 11.3 Å². The van der Waals surface area contributed by atoms with Gasteiger partial charge in [-0.2, -0.15) is 0 Å². The Labute approximate surface area is 69.4 Å². The number of hydrogen-bond acceptors (Lipinski definition) is 3. The van der Waals surface area contributed by atoms with Crippen LogP contribution in [0.3, 0.4) is 0 Å². The van der Waals surface area contributed by atoms with E-state index in [2.05, 4.69) is 0 Å². The smallest absolute Gasteiger partial charge is 0.274 e. The van der Waals surface area contributed by atoms with Crippen molar-refractivity contribution in [1.82, 2.24) is 5.48 Å². The van der Waals surface area contributed by atoms with E-state index >= 15 is 0 Å². The van der Waals surface area contributed by atoms with Crippen LogP contribution in [0.1, 0.15) is 15.9 Å². The normalized spacial score (nSPS) is 9.50. The van der Waals surface area contributed by atoms with Gasteiger partial charge in [0.15, 0.2) is 0 Å². The maximum Gasteiger partial charge on any atom is 0.274 e. The van der Waals surface area contributed by atoms with Gasteiger partial charge < -0.3 is 5.11 Å². The Hall–Kier alpha value is -1.55. The van der Waals surface area contributed by atoms with Crippen molar-refractivity contribution in [3.05, 3.63) is 29.3 Å². The standard InChI is InChI=1S/C8H9NO3/c1-5-2-3-6(4-7(5)10)8(11)9-12/h2-4,10,12H,1H3,(H,9,11). The maximum atomic E-state index is 10.8. The highest BCUT2D eigenvalue weighted by Crippen LogP contribution is 2.16. The lowest BCUT2D eigenvalue weighted by Gasteiger charge is -2.01. The molecule has 0 heterocycles. The fourth-order valence-electron chi connectivity index (χ4n) is 0.815. The molecule has 12 heavy (non-hydrogen) atoms. The van der Waals surface area contributed by atoms with Crippen molar-refractivity contribution in [3.63, 3.8) is 0 Å². The molecular weight excluding hydrogens is 158 g/mol. The molecule has 1 rings (SSSR count). The summed E-state index contributed by atoms with van der Waals surface area (Å²) in [6, 6.07) is 4.40. The lowest BCUT2D eigenvalue weighted by Crippen LogP contribution is -2.18. The molecule has 1 aromatic carbocycles. The molecule has 0 fully saturated rings. The molecule has 0 aliphatic heterocycles. The number of carbonyl (C=O) groups excluding carboxylic acids is 1. The number of rotatable bonds is 1. The number of amides is 1. The second-order valence-electron chi connectivity index (χ2n) is 2.44. The number of phenols is 1. The molecule has 1 aromatic rings. The zero-order valence-corrected chi connectivity index (χ0v) is 6.53. The molecule has 0 bridgehead atoms. The van der Waals surface area contributed by atoms with Gasteiger partial charge in [-0.3, -0.25) is 10.0 Å². The van der Waals surface area contributed by atoms with Gasteiger partial charge in [-0.15, -0.1) is 0 Å².